The summed E-state index contributed by atoms with van der Waals surface area (Å²) in [5.74, 6) is 0.924. The van der Waals surface area contributed by atoms with E-state index in [0.717, 1.165) is 59.6 Å². The number of anilines is 1. The van der Waals surface area contributed by atoms with Crippen molar-refractivity contribution < 1.29 is 5.11 Å². The maximum atomic E-state index is 10.2. The van der Waals surface area contributed by atoms with Gasteiger partial charge < -0.3 is 14.9 Å². The predicted molar refractivity (Wildman–Crippen MR) is 103 cm³/mol. The Morgan fingerprint density at radius 2 is 1.60 bits per heavy atom. The number of para-hydroxylation sites is 1. The summed E-state index contributed by atoms with van der Waals surface area (Å²) in [6, 6.07) is 18.5. The lowest BCUT2D eigenvalue weighted by Crippen LogP contribution is -2.45. The number of aromatic nitrogens is 1. The van der Waals surface area contributed by atoms with Crippen molar-refractivity contribution in [2.45, 2.75) is 6.61 Å². The fourth-order valence-electron chi connectivity index (χ4n) is 3.60. The van der Waals surface area contributed by atoms with E-state index in [1.165, 1.54) is 0 Å². The molecule has 25 heavy (non-hydrogen) atoms. The Bertz CT molecular complexity index is 871. The van der Waals surface area contributed by atoms with Gasteiger partial charge in [0, 0.05) is 42.7 Å². The van der Waals surface area contributed by atoms with Gasteiger partial charge in [-0.25, -0.2) is 4.98 Å². The van der Waals surface area contributed by atoms with Crippen LogP contribution in [0.1, 0.15) is 5.56 Å². The Labute approximate surface area is 148 Å². The molecule has 3 aromatic rings. The van der Waals surface area contributed by atoms with Crippen LogP contribution >= 0.6 is 0 Å². The number of pyridine rings is 1. The highest BCUT2D eigenvalue weighted by Gasteiger charge is 2.22. The van der Waals surface area contributed by atoms with Crippen molar-refractivity contribution in [3.8, 4) is 11.1 Å². The quantitative estimate of drug-likeness (QED) is 0.799. The first-order valence-corrected chi connectivity index (χ1v) is 8.79. The molecule has 0 aliphatic carbocycles. The van der Waals surface area contributed by atoms with E-state index < -0.39 is 0 Å². The molecule has 128 valence electrons. The van der Waals surface area contributed by atoms with Crippen LogP contribution in [0.15, 0.2) is 54.6 Å². The molecule has 1 saturated heterocycles. The summed E-state index contributed by atoms with van der Waals surface area (Å²) in [6.45, 7) is 3.88. The van der Waals surface area contributed by atoms with Crippen molar-refractivity contribution in [1.29, 1.82) is 0 Å². The van der Waals surface area contributed by atoms with Gasteiger partial charge in [-0.15, -0.1) is 0 Å². The second-order valence-corrected chi connectivity index (χ2v) is 6.62. The molecule has 1 aliphatic heterocycles. The topological polar surface area (TPSA) is 39.6 Å². The van der Waals surface area contributed by atoms with Gasteiger partial charge in [-0.2, -0.15) is 0 Å². The van der Waals surface area contributed by atoms with Gasteiger partial charge in [0.2, 0.25) is 0 Å². The van der Waals surface area contributed by atoms with E-state index in [1.54, 1.807) is 0 Å². The van der Waals surface area contributed by atoms with Crippen molar-refractivity contribution >= 4 is 16.7 Å². The molecule has 0 unspecified atom stereocenters. The summed E-state index contributed by atoms with van der Waals surface area (Å²) < 4.78 is 0. The standard InChI is InChI=1S/C21H23N3O/c1-23-11-13-24(14-12-23)21-18(15-25)20(16-7-3-2-4-8-16)17-9-5-6-10-19(17)22-21/h2-10,25H,11-15H2,1H3. The first-order valence-electron chi connectivity index (χ1n) is 8.79. The minimum Gasteiger partial charge on any atom is -0.392 e. The molecular weight excluding hydrogens is 310 g/mol. The van der Waals surface area contributed by atoms with Crippen molar-refractivity contribution in [3.05, 3.63) is 60.2 Å². The van der Waals surface area contributed by atoms with Crippen LogP contribution in [0.3, 0.4) is 0 Å². The number of nitrogens with zero attached hydrogens (tertiary/aromatic N) is 3. The van der Waals surface area contributed by atoms with E-state index >= 15 is 0 Å². The van der Waals surface area contributed by atoms with Crippen LogP contribution in [-0.2, 0) is 6.61 Å². The van der Waals surface area contributed by atoms with E-state index in [-0.39, 0.29) is 6.61 Å². The number of aliphatic hydroxyl groups excluding tert-OH is 1. The fraction of sp³-hybridized carbons (Fsp3) is 0.286. The Balaban J connectivity index is 1.95. The molecular formula is C21H23N3O. The molecule has 2 aromatic carbocycles. The van der Waals surface area contributed by atoms with Crippen LogP contribution < -0.4 is 4.90 Å². The van der Waals surface area contributed by atoms with E-state index in [4.69, 9.17) is 4.98 Å². The Kier molecular flexibility index (Phi) is 4.38. The van der Waals surface area contributed by atoms with Crippen LogP contribution in [0, 0.1) is 0 Å². The summed E-state index contributed by atoms with van der Waals surface area (Å²) in [4.78, 5) is 9.57. The van der Waals surface area contributed by atoms with Gasteiger partial charge in [-0.1, -0.05) is 48.5 Å². The summed E-state index contributed by atoms with van der Waals surface area (Å²) in [6.07, 6.45) is 0. The lowest BCUT2D eigenvalue weighted by Gasteiger charge is -2.35. The molecule has 1 N–H and O–H groups in total. The van der Waals surface area contributed by atoms with Crippen LogP contribution in [0.4, 0.5) is 5.82 Å². The average Bonchev–Trinajstić information content (AvgIpc) is 2.67. The van der Waals surface area contributed by atoms with E-state index in [2.05, 4.69) is 41.1 Å². The van der Waals surface area contributed by atoms with Crippen molar-refractivity contribution in [2.75, 3.05) is 38.1 Å². The highest BCUT2D eigenvalue weighted by atomic mass is 16.3. The highest BCUT2D eigenvalue weighted by molar-refractivity contribution is 5.98. The minimum atomic E-state index is -0.0102. The zero-order valence-corrected chi connectivity index (χ0v) is 14.5. The van der Waals surface area contributed by atoms with Crippen molar-refractivity contribution in [1.82, 2.24) is 9.88 Å². The van der Waals surface area contributed by atoms with Gasteiger partial charge in [0.15, 0.2) is 0 Å². The third kappa shape index (κ3) is 2.99. The number of hydrogen-bond acceptors (Lipinski definition) is 4. The van der Waals surface area contributed by atoms with Crippen LogP contribution in [0.5, 0.6) is 0 Å². The number of fused-ring (bicyclic) bond motifs is 1. The second-order valence-electron chi connectivity index (χ2n) is 6.62. The van der Waals surface area contributed by atoms with Crippen LogP contribution in [0.25, 0.3) is 22.0 Å². The van der Waals surface area contributed by atoms with Crippen LogP contribution in [-0.4, -0.2) is 48.2 Å². The molecule has 0 radical (unpaired) electrons. The summed E-state index contributed by atoms with van der Waals surface area (Å²) in [7, 11) is 2.15. The monoisotopic (exact) mass is 333 g/mol. The number of likely N-dealkylation sites (N-methyl/N-ethyl adjacent to an activating group) is 1. The van der Waals surface area contributed by atoms with Gasteiger partial charge in [0.25, 0.3) is 0 Å². The zero-order valence-electron chi connectivity index (χ0n) is 14.5. The molecule has 0 saturated carbocycles. The third-order valence-electron chi connectivity index (χ3n) is 4.99. The van der Waals surface area contributed by atoms with Crippen LogP contribution in [0.2, 0.25) is 0 Å². The second kappa shape index (κ2) is 6.82. The van der Waals surface area contributed by atoms with Crippen molar-refractivity contribution in [3.63, 3.8) is 0 Å². The zero-order chi connectivity index (χ0) is 17.2. The summed E-state index contributed by atoms with van der Waals surface area (Å²) in [5.41, 5.74) is 4.13. The number of rotatable bonds is 3. The van der Waals surface area contributed by atoms with Crippen molar-refractivity contribution in [2.24, 2.45) is 0 Å². The average molecular weight is 333 g/mol. The lowest BCUT2D eigenvalue weighted by atomic mass is 9.95. The first-order chi connectivity index (χ1) is 12.3. The fourth-order valence-corrected chi connectivity index (χ4v) is 3.60. The molecule has 2 heterocycles. The van der Waals surface area contributed by atoms with E-state index in [1.807, 2.05) is 30.3 Å². The maximum absolute atomic E-state index is 10.2. The highest BCUT2D eigenvalue weighted by Crippen LogP contribution is 2.36. The number of aliphatic hydroxyl groups is 1. The van der Waals surface area contributed by atoms with Gasteiger partial charge in [-0.3, -0.25) is 0 Å². The minimum absolute atomic E-state index is 0.0102. The largest absolute Gasteiger partial charge is 0.392 e. The molecule has 1 fully saturated rings. The summed E-state index contributed by atoms with van der Waals surface area (Å²) in [5, 5.41) is 11.3. The molecule has 0 atom stereocenters. The van der Waals surface area contributed by atoms with Gasteiger partial charge in [0.05, 0.1) is 12.1 Å². The number of benzene rings is 2. The smallest absolute Gasteiger partial charge is 0.135 e. The lowest BCUT2D eigenvalue weighted by molar-refractivity contribution is 0.280. The molecule has 0 bridgehead atoms. The van der Waals surface area contributed by atoms with Gasteiger partial charge in [-0.05, 0) is 18.7 Å². The number of hydrogen-bond donors (Lipinski definition) is 1. The molecule has 0 spiro atoms. The summed E-state index contributed by atoms with van der Waals surface area (Å²) >= 11 is 0. The molecule has 0 amide bonds. The molecule has 4 heteroatoms. The van der Waals surface area contributed by atoms with Gasteiger partial charge >= 0.3 is 0 Å². The molecule has 4 rings (SSSR count). The van der Waals surface area contributed by atoms with Gasteiger partial charge in [0.1, 0.15) is 5.82 Å². The predicted octanol–water partition coefficient (Wildman–Crippen LogP) is 3.15. The SMILES string of the molecule is CN1CCN(c2nc3ccccc3c(-c3ccccc3)c2CO)CC1. The molecule has 4 nitrogen and oxygen atoms in total. The Hall–Kier alpha value is -2.43. The Morgan fingerprint density at radius 1 is 0.920 bits per heavy atom. The van der Waals surface area contributed by atoms with E-state index in [9.17, 15) is 5.11 Å². The molecule has 1 aliphatic rings. The molecule has 1 aromatic heterocycles. The first kappa shape index (κ1) is 16.1. The number of piperazine rings is 1. The third-order valence-corrected chi connectivity index (χ3v) is 4.99. The Morgan fingerprint density at radius 3 is 2.32 bits per heavy atom. The maximum Gasteiger partial charge on any atom is 0.135 e. The normalized spacial score (nSPS) is 15.7. The van der Waals surface area contributed by atoms with E-state index in [0.29, 0.717) is 0 Å².